The summed E-state index contributed by atoms with van der Waals surface area (Å²) in [4.78, 5) is 45.2. The van der Waals surface area contributed by atoms with E-state index in [0.717, 1.165) is 99.3 Å². The van der Waals surface area contributed by atoms with Crippen LogP contribution < -0.4 is 18.9 Å². The molecule has 0 spiro atoms. The van der Waals surface area contributed by atoms with Crippen LogP contribution in [0, 0.1) is 10.8 Å². The monoisotopic (exact) mass is 1250 g/mol. The van der Waals surface area contributed by atoms with Crippen LogP contribution in [0.25, 0.3) is 44.1 Å². The molecule has 0 unspecified atom stereocenters. The Hall–Kier alpha value is -8.60. The third-order valence-corrected chi connectivity index (χ3v) is 17.5. The SMILES string of the molecule is CCOC(=O)C(C)(C)Cc1c(SC(C)(C)C)c2cc(OCc3ccccn3)ccc2n1Cc1ccc(-c2ccc(OC)nc2)cc1.COc1ccc(-c2ccc(Cn3c(CC(C)(C)C(=O)O)c(SC(C)(C)C)c4cc(OCc5ccccn5)ccc43)cc2)cn1. The molecule has 0 fully saturated rings. The zero-order valence-corrected chi connectivity index (χ0v) is 55.6. The predicted octanol–water partition coefficient (Wildman–Crippen LogP) is 17.0. The standard InChI is InChI=1S/C38H43N3O4S.C36H39N3O4S/c1-8-44-36(42)38(5,6)22-33-35(46-37(2,3)4)31-21-30(45-25-29-11-9-10-20-39-29)17-18-32(31)41(33)24-26-12-14-27(15-13-26)28-16-19-34(43-7)40-23-28;1-35(2,3)44-33-29-19-28(43-23-27-9-7-8-18-37-27)15-16-30(29)39(31(33)20-36(4,5)34(40)41)22-24-10-12-25(13-11-24)26-14-17-32(42-6)38-21-26/h9-21,23H,8,22,24-25H2,1-7H3;7-19,21H,20,22-23H2,1-6H3,(H,40,41). The minimum Gasteiger partial charge on any atom is -0.487 e. The zero-order valence-electron chi connectivity index (χ0n) is 53.9. The first-order valence-electron chi connectivity index (χ1n) is 30.2. The molecule has 0 aliphatic rings. The van der Waals surface area contributed by atoms with Crippen LogP contribution in [-0.4, -0.2) is 76.4 Å². The number of esters is 1. The molecule has 90 heavy (non-hydrogen) atoms. The second kappa shape index (κ2) is 28.5. The number of fused-ring (bicyclic) bond motifs is 2. The van der Waals surface area contributed by atoms with Gasteiger partial charge in [0.2, 0.25) is 11.8 Å². The molecule has 0 bridgehead atoms. The van der Waals surface area contributed by atoms with Gasteiger partial charge in [-0.2, -0.15) is 0 Å². The lowest BCUT2D eigenvalue weighted by atomic mass is 9.87. The molecule has 0 amide bonds. The average Bonchev–Trinajstić information content (AvgIpc) is 1.67. The van der Waals surface area contributed by atoms with Gasteiger partial charge in [0.25, 0.3) is 0 Å². The Bertz CT molecular complexity index is 4040. The van der Waals surface area contributed by atoms with Gasteiger partial charge in [-0.25, -0.2) is 9.97 Å². The third kappa shape index (κ3) is 16.8. The number of hydrogen-bond donors (Lipinski definition) is 1. The van der Waals surface area contributed by atoms with Gasteiger partial charge >= 0.3 is 11.9 Å². The molecule has 14 nitrogen and oxygen atoms in total. The van der Waals surface area contributed by atoms with Crippen LogP contribution >= 0.6 is 23.5 Å². The summed E-state index contributed by atoms with van der Waals surface area (Å²) in [7, 11) is 3.22. The number of carboxylic acids is 1. The van der Waals surface area contributed by atoms with Crippen molar-refractivity contribution in [2.75, 3.05) is 20.8 Å². The maximum atomic E-state index is 13.2. The predicted molar refractivity (Wildman–Crippen MR) is 362 cm³/mol. The Morgan fingerprint density at radius 1 is 0.500 bits per heavy atom. The zero-order chi connectivity index (χ0) is 64.4. The lowest BCUT2D eigenvalue weighted by Gasteiger charge is -2.26. The van der Waals surface area contributed by atoms with E-state index in [1.807, 2.05) is 118 Å². The van der Waals surface area contributed by atoms with Crippen LogP contribution in [0.2, 0.25) is 0 Å². The molecule has 6 heterocycles. The van der Waals surface area contributed by atoms with Crippen LogP contribution in [-0.2, 0) is 53.5 Å². The summed E-state index contributed by atoms with van der Waals surface area (Å²) in [6.07, 6.45) is 8.08. The average molecular weight is 1250 g/mol. The van der Waals surface area contributed by atoms with Crippen molar-refractivity contribution in [1.29, 1.82) is 0 Å². The number of carbonyl (C=O) groups is 2. The number of rotatable bonds is 23. The van der Waals surface area contributed by atoms with Gasteiger partial charge in [-0.05, 0) is 130 Å². The first-order chi connectivity index (χ1) is 42.9. The quantitative estimate of drug-likeness (QED) is 0.0475. The third-order valence-electron chi connectivity index (χ3n) is 15.0. The second-order valence-electron chi connectivity index (χ2n) is 25.4. The van der Waals surface area contributed by atoms with Crippen molar-refractivity contribution >= 4 is 57.3 Å². The molecule has 0 atom stereocenters. The van der Waals surface area contributed by atoms with Crippen LogP contribution in [0.4, 0.5) is 0 Å². The van der Waals surface area contributed by atoms with Crippen LogP contribution in [0.15, 0.2) is 180 Å². The van der Waals surface area contributed by atoms with Crippen molar-refractivity contribution in [3.8, 4) is 45.5 Å². The molecule has 4 aromatic carbocycles. The number of carboxylic acid groups (broad SMARTS) is 1. The summed E-state index contributed by atoms with van der Waals surface area (Å²) in [5.74, 6) is 1.67. The highest BCUT2D eigenvalue weighted by Crippen LogP contribution is 2.46. The van der Waals surface area contributed by atoms with E-state index in [1.165, 1.54) is 0 Å². The van der Waals surface area contributed by atoms with E-state index in [0.29, 0.717) is 57.5 Å². The summed E-state index contributed by atoms with van der Waals surface area (Å²) < 4.78 is 32.8. The highest BCUT2D eigenvalue weighted by atomic mass is 32.2. The Morgan fingerprint density at radius 3 is 1.26 bits per heavy atom. The lowest BCUT2D eigenvalue weighted by molar-refractivity contribution is -0.153. The van der Waals surface area contributed by atoms with Crippen LogP contribution in [0.5, 0.6) is 23.3 Å². The topological polar surface area (TPSA) is 162 Å². The van der Waals surface area contributed by atoms with Crippen molar-refractivity contribution in [3.05, 3.63) is 204 Å². The summed E-state index contributed by atoms with van der Waals surface area (Å²) in [5.41, 5.74) is 10.7. The molecule has 0 saturated heterocycles. The molecule has 16 heteroatoms. The highest BCUT2D eigenvalue weighted by molar-refractivity contribution is 8.01. The molecule has 0 aliphatic carbocycles. The van der Waals surface area contributed by atoms with E-state index in [2.05, 4.69) is 143 Å². The van der Waals surface area contributed by atoms with Crippen molar-refractivity contribution in [2.45, 2.75) is 135 Å². The van der Waals surface area contributed by atoms with E-state index in [-0.39, 0.29) is 15.5 Å². The van der Waals surface area contributed by atoms with Gasteiger partial charge in [0, 0.05) is 126 Å². The number of aromatic nitrogens is 6. The van der Waals surface area contributed by atoms with Gasteiger partial charge in [-0.15, -0.1) is 23.5 Å². The number of nitrogens with zero attached hydrogens (tertiary/aromatic N) is 6. The fourth-order valence-corrected chi connectivity index (χ4v) is 12.7. The molecule has 1 N–H and O–H groups in total. The summed E-state index contributed by atoms with van der Waals surface area (Å²) in [6.45, 7) is 24.9. The smallest absolute Gasteiger partial charge is 0.311 e. The fourth-order valence-electron chi connectivity index (χ4n) is 10.4. The molecule has 10 rings (SSSR count). The van der Waals surface area contributed by atoms with E-state index in [1.54, 1.807) is 52.2 Å². The van der Waals surface area contributed by atoms with Crippen molar-refractivity contribution in [3.63, 3.8) is 0 Å². The Balaban J connectivity index is 0.000000214. The number of hydrogen-bond acceptors (Lipinski definition) is 13. The molecule has 0 aliphatic heterocycles. The number of thioether (sulfide) groups is 2. The number of benzene rings is 4. The van der Waals surface area contributed by atoms with Gasteiger partial charge in [0.15, 0.2) is 0 Å². The normalized spacial score (nSPS) is 11.9. The maximum Gasteiger partial charge on any atom is 0.311 e. The number of ether oxygens (including phenoxy) is 5. The molecule has 0 radical (unpaired) electrons. The summed E-state index contributed by atoms with van der Waals surface area (Å²) in [5, 5.41) is 12.3. The molecule has 6 aromatic heterocycles. The number of methoxy groups -OCH3 is 2. The minimum absolute atomic E-state index is 0.0686. The Kier molecular flexibility index (Phi) is 20.8. The van der Waals surface area contributed by atoms with Gasteiger partial charge in [-0.1, -0.05) is 102 Å². The Labute approximate surface area is 537 Å². The van der Waals surface area contributed by atoms with Crippen LogP contribution in [0.3, 0.4) is 0 Å². The highest BCUT2D eigenvalue weighted by Gasteiger charge is 2.35. The fraction of sp³-hybridized carbons (Fsp3) is 0.324. The van der Waals surface area contributed by atoms with E-state index < -0.39 is 16.8 Å². The maximum absolute atomic E-state index is 13.2. The summed E-state index contributed by atoms with van der Waals surface area (Å²) >= 11 is 3.59. The van der Waals surface area contributed by atoms with Gasteiger partial charge < -0.3 is 37.9 Å². The van der Waals surface area contributed by atoms with Crippen molar-refractivity contribution < 1.29 is 38.4 Å². The van der Waals surface area contributed by atoms with E-state index >= 15 is 0 Å². The second-order valence-corrected chi connectivity index (χ2v) is 29.1. The summed E-state index contributed by atoms with van der Waals surface area (Å²) in [6, 6.07) is 48.8. The Morgan fingerprint density at radius 2 is 0.911 bits per heavy atom. The number of aliphatic carboxylic acids is 1. The van der Waals surface area contributed by atoms with Crippen molar-refractivity contribution in [2.24, 2.45) is 10.8 Å². The number of pyridine rings is 4. The minimum atomic E-state index is -0.956. The number of carbonyl (C=O) groups excluding carboxylic acids is 1. The molecular formula is C74H82N6O8S2. The first kappa shape index (κ1) is 65.8. The largest absolute Gasteiger partial charge is 0.487 e. The molecule has 468 valence electrons. The van der Waals surface area contributed by atoms with E-state index in [9.17, 15) is 14.7 Å². The first-order valence-corrected chi connectivity index (χ1v) is 31.9. The van der Waals surface area contributed by atoms with Gasteiger partial charge in [0.1, 0.15) is 24.7 Å². The lowest BCUT2D eigenvalue weighted by Crippen LogP contribution is -2.30. The molecule has 0 saturated carbocycles. The van der Waals surface area contributed by atoms with Crippen molar-refractivity contribution in [1.82, 2.24) is 29.1 Å². The molecular weight excluding hydrogens is 1160 g/mol. The van der Waals surface area contributed by atoms with Gasteiger partial charge in [-0.3, -0.25) is 19.6 Å². The van der Waals surface area contributed by atoms with Gasteiger partial charge in [0.05, 0.1) is 43.0 Å². The molecule has 10 aromatic rings. The van der Waals surface area contributed by atoms with E-state index in [4.69, 9.17) is 23.7 Å². The van der Waals surface area contributed by atoms with Crippen LogP contribution in [0.1, 0.15) is 110 Å².